The summed E-state index contributed by atoms with van der Waals surface area (Å²) in [5, 5.41) is 0.628. The van der Waals surface area contributed by atoms with Crippen LogP contribution in [0.25, 0.3) is 6.08 Å². The summed E-state index contributed by atoms with van der Waals surface area (Å²) >= 11 is 2.90. The monoisotopic (exact) mass is 308 g/mol. The zero-order chi connectivity index (χ0) is 14.0. The number of allylic oxidation sites excluding steroid dienone is 1. The van der Waals surface area contributed by atoms with Gasteiger partial charge in [-0.2, -0.15) is 11.8 Å². The first-order chi connectivity index (χ1) is 8.87. The minimum atomic E-state index is -4.61. The Morgan fingerprint density at radius 2 is 2.11 bits per heavy atom. The normalized spacial score (nSPS) is 24.2. The van der Waals surface area contributed by atoms with E-state index in [1.54, 1.807) is 6.07 Å². The molecule has 1 aromatic rings. The van der Waals surface area contributed by atoms with Crippen molar-refractivity contribution in [2.75, 3.05) is 6.26 Å². The van der Waals surface area contributed by atoms with Gasteiger partial charge in [-0.1, -0.05) is 16.9 Å². The molecule has 1 fully saturated rings. The van der Waals surface area contributed by atoms with Crippen LogP contribution in [-0.4, -0.2) is 17.9 Å². The Morgan fingerprint density at radius 1 is 1.42 bits per heavy atom. The zero-order valence-electron chi connectivity index (χ0n) is 10.7. The molecule has 1 heterocycles. The molecule has 0 bridgehead atoms. The lowest BCUT2D eigenvalue weighted by Crippen LogP contribution is -2.26. The fourth-order valence-corrected chi connectivity index (χ4v) is 3.79. The van der Waals surface area contributed by atoms with Gasteiger partial charge in [0.25, 0.3) is 0 Å². The van der Waals surface area contributed by atoms with E-state index < -0.39 is 6.36 Å². The second-order valence-corrected chi connectivity index (χ2v) is 6.83. The van der Waals surface area contributed by atoms with Gasteiger partial charge in [0.1, 0.15) is 0 Å². The average Bonchev–Trinajstić information content (AvgIpc) is 2.60. The summed E-state index contributed by atoms with van der Waals surface area (Å²) in [7, 11) is 0. The van der Waals surface area contributed by atoms with Gasteiger partial charge in [0.2, 0.25) is 0 Å². The number of thioether (sulfide) groups is 1. The van der Waals surface area contributed by atoms with Gasteiger partial charge in [0.05, 0.1) is 0 Å². The Bertz CT molecular complexity index is 459. The molecule has 106 valence electrons. The highest BCUT2D eigenvalue weighted by Crippen LogP contribution is 2.41. The fraction of sp³-hybridized carbons (Fsp3) is 0.538. The van der Waals surface area contributed by atoms with Crippen molar-refractivity contribution >= 4 is 29.2 Å². The number of halogens is 3. The molecule has 0 N–H and O–H groups in total. The van der Waals surface area contributed by atoms with Crippen molar-refractivity contribution in [3.05, 3.63) is 22.6 Å². The van der Waals surface area contributed by atoms with Crippen molar-refractivity contribution in [1.82, 2.24) is 0 Å². The lowest BCUT2D eigenvalue weighted by Gasteiger charge is -2.34. The Morgan fingerprint density at radius 3 is 2.68 bits per heavy atom. The van der Waals surface area contributed by atoms with Crippen molar-refractivity contribution in [2.45, 2.75) is 31.4 Å². The first kappa shape index (κ1) is 14.8. The lowest BCUT2D eigenvalue weighted by atomic mass is 9.79. The molecule has 0 amide bonds. The van der Waals surface area contributed by atoms with Crippen LogP contribution in [0.2, 0.25) is 0 Å². The first-order valence-electron chi connectivity index (χ1n) is 5.94. The van der Waals surface area contributed by atoms with Crippen molar-refractivity contribution in [2.24, 2.45) is 5.92 Å². The molecule has 1 aliphatic carbocycles. The Hall–Kier alpha value is -0.620. The van der Waals surface area contributed by atoms with E-state index in [-0.39, 0.29) is 5.06 Å². The predicted molar refractivity (Wildman–Crippen MR) is 74.7 cm³/mol. The fourth-order valence-electron chi connectivity index (χ4n) is 2.05. The summed E-state index contributed by atoms with van der Waals surface area (Å²) in [6, 6.07) is 3.03. The van der Waals surface area contributed by atoms with Gasteiger partial charge < -0.3 is 4.74 Å². The number of alkyl halides is 3. The zero-order valence-corrected chi connectivity index (χ0v) is 12.3. The molecular formula is C13H15F3OS2. The van der Waals surface area contributed by atoms with Crippen LogP contribution in [0.1, 0.15) is 24.6 Å². The molecule has 6 heteroatoms. The maximum atomic E-state index is 12.1. The van der Waals surface area contributed by atoms with Gasteiger partial charge in [0, 0.05) is 10.1 Å². The van der Waals surface area contributed by atoms with Crippen LogP contribution in [0.15, 0.2) is 17.7 Å². The number of hydrogen-bond acceptors (Lipinski definition) is 3. The van der Waals surface area contributed by atoms with Crippen LogP contribution in [0.4, 0.5) is 13.2 Å². The van der Waals surface area contributed by atoms with E-state index in [0.717, 1.165) is 21.5 Å². The molecule has 1 saturated carbocycles. The van der Waals surface area contributed by atoms with E-state index in [1.165, 1.54) is 24.5 Å². The Kier molecular flexibility index (Phi) is 4.50. The number of thiophene rings is 1. The van der Waals surface area contributed by atoms with E-state index in [0.29, 0.717) is 5.92 Å². The molecule has 0 atom stereocenters. The Balaban J connectivity index is 1.96. The summed E-state index contributed by atoms with van der Waals surface area (Å²) in [6.07, 6.45) is 1.80. The molecule has 2 rings (SSSR count). The molecule has 0 saturated heterocycles. The van der Waals surface area contributed by atoms with Gasteiger partial charge >= 0.3 is 6.36 Å². The topological polar surface area (TPSA) is 9.23 Å². The molecule has 0 radical (unpaired) electrons. The van der Waals surface area contributed by atoms with Gasteiger partial charge in [-0.3, -0.25) is 0 Å². The van der Waals surface area contributed by atoms with Crippen LogP contribution < -0.4 is 4.74 Å². The molecule has 0 unspecified atom stereocenters. The second kappa shape index (κ2) is 5.79. The molecular weight excluding hydrogens is 293 g/mol. The van der Waals surface area contributed by atoms with Crippen molar-refractivity contribution in [3.63, 3.8) is 0 Å². The van der Waals surface area contributed by atoms with Crippen LogP contribution in [0.5, 0.6) is 5.06 Å². The summed E-state index contributed by atoms with van der Waals surface area (Å²) in [4.78, 5) is 0.810. The number of ether oxygens (including phenoxy) is 1. The summed E-state index contributed by atoms with van der Waals surface area (Å²) in [5.41, 5.74) is 1.24. The number of hydrogen-bond donors (Lipinski definition) is 0. The van der Waals surface area contributed by atoms with Crippen LogP contribution >= 0.6 is 23.1 Å². The summed E-state index contributed by atoms with van der Waals surface area (Å²) in [6.45, 7) is 2.05. The van der Waals surface area contributed by atoms with Crippen molar-refractivity contribution in [1.29, 1.82) is 0 Å². The maximum Gasteiger partial charge on any atom is 0.573 e. The third kappa shape index (κ3) is 4.18. The highest BCUT2D eigenvalue weighted by Gasteiger charge is 2.32. The minimum absolute atomic E-state index is 0.109. The molecule has 1 nitrogen and oxygen atoms in total. The van der Waals surface area contributed by atoms with Crippen LogP contribution in [0, 0.1) is 5.92 Å². The van der Waals surface area contributed by atoms with E-state index in [4.69, 9.17) is 0 Å². The molecule has 19 heavy (non-hydrogen) atoms. The molecule has 0 spiro atoms. The minimum Gasteiger partial charge on any atom is -0.396 e. The highest BCUT2D eigenvalue weighted by molar-refractivity contribution is 7.99. The van der Waals surface area contributed by atoms with Crippen LogP contribution in [0.3, 0.4) is 0 Å². The summed E-state index contributed by atoms with van der Waals surface area (Å²) < 4.78 is 40.0. The molecule has 1 aliphatic rings. The van der Waals surface area contributed by atoms with Gasteiger partial charge in [0.15, 0.2) is 5.06 Å². The summed E-state index contributed by atoms with van der Waals surface area (Å²) in [5.74, 6) is 0.575. The van der Waals surface area contributed by atoms with Crippen molar-refractivity contribution < 1.29 is 17.9 Å². The SMILES string of the molecule is CSC1CC(/C(C)=C/c2ccc(OC(F)(F)F)s2)C1. The van der Waals surface area contributed by atoms with Gasteiger partial charge in [-0.25, -0.2) is 0 Å². The molecule has 0 aliphatic heterocycles. The molecule has 1 aromatic heterocycles. The largest absolute Gasteiger partial charge is 0.573 e. The standard InChI is InChI=1S/C13H15F3OS2/c1-8(9-6-11(7-9)18-2)5-10-3-4-12(19-10)17-13(14,15)16/h3-5,9,11H,6-7H2,1-2H3/b8-5+. The second-order valence-electron chi connectivity index (χ2n) is 4.62. The van der Waals surface area contributed by atoms with Crippen molar-refractivity contribution in [3.8, 4) is 5.06 Å². The third-order valence-electron chi connectivity index (χ3n) is 3.26. The van der Waals surface area contributed by atoms with Crippen LogP contribution in [-0.2, 0) is 0 Å². The first-order valence-corrected chi connectivity index (χ1v) is 8.04. The van der Waals surface area contributed by atoms with E-state index in [1.807, 2.05) is 24.8 Å². The Labute approximate surface area is 118 Å². The maximum absolute atomic E-state index is 12.1. The lowest BCUT2D eigenvalue weighted by molar-refractivity contribution is -0.273. The van der Waals surface area contributed by atoms with E-state index in [9.17, 15) is 13.2 Å². The highest BCUT2D eigenvalue weighted by atomic mass is 32.2. The number of rotatable bonds is 4. The third-order valence-corrected chi connectivity index (χ3v) is 5.22. The molecule has 0 aromatic carbocycles. The average molecular weight is 308 g/mol. The van der Waals surface area contributed by atoms with E-state index in [2.05, 4.69) is 11.0 Å². The van der Waals surface area contributed by atoms with Gasteiger partial charge in [-0.15, -0.1) is 13.2 Å². The predicted octanol–water partition coefficient (Wildman–Crippen LogP) is 5.19. The van der Waals surface area contributed by atoms with E-state index >= 15 is 0 Å². The smallest absolute Gasteiger partial charge is 0.396 e. The van der Waals surface area contributed by atoms with Gasteiger partial charge in [-0.05, 0) is 50.1 Å². The quantitative estimate of drug-likeness (QED) is 0.757.